The van der Waals surface area contributed by atoms with Crippen LogP contribution in [0.1, 0.15) is 16.8 Å². The fraction of sp³-hybridized carbons (Fsp3) is 0.533. The van der Waals surface area contributed by atoms with E-state index in [1.807, 2.05) is 0 Å². The fourth-order valence-corrected chi connectivity index (χ4v) is 1.96. The molecule has 136 valence electrons. The van der Waals surface area contributed by atoms with Crippen molar-refractivity contribution in [3.8, 4) is 17.2 Å². The van der Waals surface area contributed by atoms with Crippen LogP contribution < -0.4 is 19.9 Å². The van der Waals surface area contributed by atoms with Gasteiger partial charge in [-0.2, -0.15) is 13.2 Å². The maximum Gasteiger partial charge on any atom is 0.406 e. The molecule has 0 radical (unpaired) electrons. The predicted octanol–water partition coefficient (Wildman–Crippen LogP) is 2.07. The molecule has 0 fully saturated rings. The summed E-state index contributed by atoms with van der Waals surface area (Å²) in [5, 5.41) is 0. The summed E-state index contributed by atoms with van der Waals surface area (Å²) in [6.45, 7) is -0.612. The van der Waals surface area contributed by atoms with Crippen molar-refractivity contribution in [3.05, 3.63) is 17.7 Å². The van der Waals surface area contributed by atoms with Gasteiger partial charge in [0.1, 0.15) is 6.54 Å². The minimum Gasteiger partial charge on any atom is -0.493 e. The van der Waals surface area contributed by atoms with E-state index in [2.05, 4.69) is 0 Å². The highest BCUT2D eigenvalue weighted by atomic mass is 19.4. The van der Waals surface area contributed by atoms with Gasteiger partial charge in [-0.05, 0) is 25.1 Å². The maximum absolute atomic E-state index is 12.4. The van der Waals surface area contributed by atoms with Crippen LogP contribution in [0.2, 0.25) is 0 Å². The Kier molecular flexibility index (Phi) is 7.15. The lowest BCUT2D eigenvalue weighted by Gasteiger charge is -2.21. The maximum atomic E-state index is 12.4. The number of nitrogens with zero attached hydrogens (tertiary/aromatic N) is 1. The van der Waals surface area contributed by atoms with Crippen LogP contribution in [-0.4, -0.2) is 57.9 Å². The fourth-order valence-electron chi connectivity index (χ4n) is 1.96. The summed E-state index contributed by atoms with van der Waals surface area (Å²) in [4.78, 5) is 12.8. The molecule has 0 spiro atoms. The highest BCUT2D eigenvalue weighted by Gasteiger charge is 2.32. The average molecular weight is 350 g/mol. The Morgan fingerprint density at radius 1 is 1.21 bits per heavy atom. The zero-order valence-electron chi connectivity index (χ0n) is 13.8. The van der Waals surface area contributed by atoms with Crippen molar-refractivity contribution in [1.82, 2.24) is 4.90 Å². The standard InChI is InChI=1S/C15H21F3N2O4/c1-20(9-15(16,17)18)14(21)10-7-11(22-2)13(12(8-10)23-3)24-6-4-5-19/h7-8H,4-6,9,19H2,1-3H3. The normalized spacial score (nSPS) is 11.1. The zero-order valence-corrected chi connectivity index (χ0v) is 13.8. The van der Waals surface area contributed by atoms with Gasteiger partial charge in [-0.15, -0.1) is 0 Å². The molecule has 0 aliphatic heterocycles. The Bertz CT molecular complexity index is 539. The van der Waals surface area contributed by atoms with Crippen molar-refractivity contribution >= 4 is 5.91 Å². The van der Waals surface area contributed by atoms with E-state index in [4.69, 9.17) is 19.9 Å². The number of hydrogen-bond acceptors (Lipinski definition) is 5. The summed E-state index contributed by atoms with van der Waals surface area (Å²) in [5.74, 6) is -0.161. The molecule has 0 aliphatic rings. The van der Waals surface area contributed by atoms with E-state index < -0.39 is 18.6 Å². The van der Waals surface area contributed by atoms with Gasteiger partial charge in [0.05, 0.1) is 20.8 Å². The molecular weight excluding hydrogens is 329 g/mol. The Morgan fingerprint density at radius 2 is 1.75 bits per heavy atom. The third-order valence-electron chi connectivity index (χ3n) is 3.07. The Balaban J connectivity index is 3.10. The number of alkyl halides is 3. The van der Waals surface area contributed by atoms with Crippen LogP contribution in [0.15, 0.2) is 12.1 Å². The van der Waals surface area contributed by atoms with Crippen molar-refractivity contribution < 1.29 is 32.2 Å². The molecule has 1 aromatic rings. The van der Waals surface area contributed by atoms with E-state index in [0.717, 1.165) is 7.05 Å². The SMILES string of the molecule is COc1cc(C(=O)N(C)CC(F)(F)F)cc(OC)c1OCCCN. The van der Waals surface area contributed by atoms with Crippen molar-refractivity contribution in [1.29, 1.82) is 0 Å². The first kappa shape index (κ1) is 19.9. The molecule has 0 aliphatic carbocycles. The summed E-state index contributed by atoms with van der Waals surface area (Å²) in [7, 11) is 3.79. The second-order valence-corrected chi connectivity index (χ2v) is 4.98. The number of carbonyl (C=O) groups is 1. The van der Waals surface area contributed by atoms with Crippen LogP contribution in [0.4, 0.5) is 13.2 Å². The first-order chi connectivity index (χ1) is 11.2. The molecule has 0 saturated heterocycles. The molecule has 0 aromatic heterocycles. The molecule has 6 nitrogen and oxygen atoms in total. The van der Waals surface area contributed by atoms with Gasteiger partial charge < -0.3 is 24.8 Å². The van der Waals surface area contributed by atoms with Crippen LogP contribution in [0, 0.1) is 0 Å². The topological polar surface area (TPSA) is 74.0 Å². The van der Waals surface area contributed by atoms with Crippen molar-refractivity contribution in [2.45, 2.75) is 12.6 Å². The molecule has 1 rings (SSSR count). The summed E-state index contributed by atoms with van der Waals surface area (Å²) >= 11 is 0. The number of nitrogens with two attached hydrogens (primary N) is 1. The van der Waals surface area contributed by atoms with Gasteiger partial charge in [0, 0.05) is 12.6 Å². The number of ether oxygens (including phenoxy) is 3. The number of carbonyl (C=O) groups excluding carboxylic acids is 1. The van der Waals surface area contributed by atoms with Crippen molar-refractivity contribution in [3.63, 3.8) is 0 Å². The van der Waals surface area contributed by atoms with Gasteiger partial charge in [0.2, 0.25) is 5.75 Å². The van der Waals surface area contributed by atoms with E-state index >= 15 is 0 Å². The minimum absolute atomic E-state index is 0.00150. The van der Waals surface area contributed by atoms with Gasteiger partial charge in [0.25, 0.3) is 5.91 Å². The lowest BCUT2D eigenvalue weighted by atomic mass is 10.1. The molecule has 0 heterocycles. The van der Waals surface area contributed by atoms with E-state index in [9.17, 15) is 18.0 Å². The number of benzene rings is 1. The predicted molar refractivity (Wildman–Crippen MR) is 81.7 cm³/mol. The average Bonchev–Trinajstić information content (AvgIpc) is 2.52. The minimum atomic E-state index is -4.48. The van der Waals surface area contributed by atoms with Crippen LogP contribution in [-0.2, 0) is 0 Å². The van der Waals surface area contributed by atoms with E-state index in [-0.39, 0.29) is 22.8 Å². The number of amides is 1. The smallest absolute Gasteiger partial charge is 0.406 e. The quantitative estimate of drug-likeness (QED) is 0.727. The Labute approximate surface area is 138 Å². The molecular formula is C15H21F3N2O4. The van der Waals surface area contributed by atoms with Gasteiger partial charge in [-0.25, -0.2) is 0 Å². The number of rotatable bonds is 8. The second-order valence-electron chi connectivity index (χ2n) is 4.98. The molecule has 0 bridgehead atoms. The Morgan fingerprint density at radius 3 is 2.17 bits per heavy atom. The van der Waals surface area contributed by atoms with Gasteiger partial charge in [0.15, 0.2) is 11.5 Å². The highest BCUT2D eigenvalue weighted by molar-refractivity contribution is 5.95. The lowest BCUT2D eigenvalue weighted by molar-refractivity contribution is -0.138. The molecule has 1 amide bonds. The number of hydrogen-bond donors (Lipinski definition) is 1. The van der Waals surface area contributed by atoms with Gasteiger partial charge >= 0.3 is 6.18 Å². The number of methoxy groups -OCH3 is 2. The molecule has 24 heavy (non-hydrogen) atoms. The second kappa shape index (κ2) is 8.62. The lowest BCUT2D eigenvalue weighted by Crippen LogP contribution is -2.35. The largest absolute Gasteiger partial charge is 0.493 e. The van der Waals surface area contributed by atoms with Crippen molar-refractivity contribution in [2.75, 3.05) is 41.0 Å². The first-order valence-corrected chi connectivity index (χ1v) is 7.14. The van der Waals surface area contributed by atoms with Crippen LogP contribution in [0.25, 0.3) is 0 Å². The van der Waals surface area contributed by atoms with Gasteiger partial charge in [-0.3, -0.25) is 4.79 Å². The molecule has 0 atom stereocenters. The third kappa shape index (κ3) is 5.48. The summed E-state index contributed by atoms with van der Waals surface area (Å²) in [6.07, 6.45) is -3.88. The van der Waals surface area contributed by atoms with Crippen LogP contribution >= 0.6 is 0 Å². The summed E-state index contributed by atoms with van der Waals surface area (Å²) in [5.41, 5.74) is 5.40. The first-order valence-electron chi connectivity index (χ1n) is 7.14. The molecule has 1 aromatic carbocycles. The molecule has 0 unspecified atom stereocenters. The monoisotopic (exact) mass is 350 g/mol. The van der Waals surface area contributed by atoms with Crippen molar-refractivity contribution in [2.24, 2.45) is 5.73 Å². The molecule has 2 N–H and O–H groups in total. The summed E-state index contributed by atoms with van der Waals surface area (Å²) in [6, 6.07) is 2.63. The van der Waals surface area contributed by atoms with E-state index in [1.54, 1.807) is 0 Å². The highest BCUT2D eigenvalue weighted by Crippen LogP contribution is 2.39. The number of halogens is 3. The van der Waals surface area contributed by atoms with E-state index in [0.29, 0.717) is 24.5 Å². The molecule has 0 saturated carbocycles. The van der Waals surface area contributed by atoms with Gasteiger partial charge in [-0.1, -0.05) is 0 Å². The molecule has 9 heteroatoms. The van der Waals surface area contributed by atoms with Crippen LogP contribution in [0.3, 0.4) is 0 Å². The van der Waals surface area contributed by atoms with Crippen LogP contribution in [0.5, 0.6) is 17.2 Å². The van der Waals surface area contributed by atoms with E-state index in [1.165, 1.54) is 26.4 Å². The third-order valence-corrected chi connectivity index (χ3v) is 3.07. The summed E-state index contributed by atoms with van der Waals surface area (Å²) < 4.78 is 53.2. The Hall–Kier alpha value is -2.16. The zero-order chi connectivity index (χ0) is 18.3.